The van der Waals surface area contributed by atoms with Crippen molar-refractivity contribution in [1.29, 1.82) is 0 Å². The summed E-state index contributed by atoms with van der Waals surface area (Å²) < 4.78 is 0. The zero-order valence-electron chi connectivity index (χ0n) is 12.8. The van der Waals surface area contributed by atoms with Crippen molar-refractivity contribution in [3.05, 3.63) is 35.5 Å². The van der Waals surface area contributed by atoms with Crippen LogP contribution in [0.2, 0.25) is 5.15 Å². The van der Waals surface area contributed by atoms with Gasteiger partial charge in [0.2, 0.25) is 0 Å². The maximum Gasteiger partial charge on any atom is 0.134 e. The van der Waals surface area contributed by atoms with Crippen molar-refractivity contribution in [3.8, 4) is 11.3 Å². The van der Waals surface area contributed by atoms with Crippen LogP contribution in [0.1, 0.15) is 33.0 Å². The average Bonchev–Trinajstić information content (AvgIpc) is 2.90. The Bertz CT molecular complexity index is 838. The Morgan fingerprint density at radius 3 is 2.77 bits per heavy atom. The van der Waals surface area contributed by atoms with Gasteiger partial charge in [0.1, 0.15) is 28.8 Å². The molecule has 3 N–H and O–H groups in total. The van der Waals surface area contributed by atoms with Gasteiger partial charge in [-0.15, -0.1) is 0 Å². The Kier molecular flexibility index (Phi) is 3.53. The van der Waals surface area contributed by atoms with E-state index in [1.165, 1.54) is 6.33 Å². The summed E-state index contributed by atoms with van der Waals surface area (Å²) >= 11 is 6.35. The van der Waals surface area contributed by atoms with Crippen LogP contribution in [-0.4, -0.2) is 19.9 Å². The molecule has 5 nitrogen and oxygen atoms in total. The number of anilines is 1. The highest BCUT2D eigenvalue weighted by Crippen LogP contribution is 2.33. The third kappa shape index (κ3) is 2.41. The molecule has 114 valence electrons. The first-order valence-corrected chi connectivity index (χ1v) is 7.57. The predicted molar refractivity (Wildman–Crippen MR) is 89.9 cm³/mol. The second-order valence-electron chi connectivity index (χ2n) is 5.98. The molecule has 0 saturated heterocycles. The smallest absolute Gasteiger partial charge is 0.134 e. The fourth-order valence-corrected chi connectivity index (χ4v) is 2.50. The van der Waals surface area contributed by atoms with Crippen LogP contribution in [0.4, 0.5) is 5.82 Å². The number of H-pyrrole nitrogens is 1. The number of nitrogens with one attached hydrogen (secondary N) is 1. The molecule has 0 atom stereocenters. The minimum atomic E-state index is -0.0503. The van der Waals surface area contributed by atoms with Crippen LogP contribution in [-0.2, 0) is 5.41 Å². The van der Waals surface area contributed by atoms with E-state index >= 15 is 0 Å². The quantitative estimate of drug-likeness (QED) is 0.767. The highest BCUT2D eigenvalue weighted by molar-refractivity contribution is 6.32. The van der Waals surface area contributed by atoms with E-state index < -0.39 is 0 Å². The first-order valence-electron chi connectivity index (χ1n) is 7.19. The molecule has 3 rings (SSSR count). The molecular weight excluding hydrogens is 298 g/mol. The van der Waals surface area contributed by atoms with E-state index in [4.69, 9.17) is 17.3 Å². The SMILES string of the molecule is CCC(C)(C)c1nc(-c2ccc3c(N)ncnc3c2)c(Cl)[nH]1. The second-order valence-corrected chi connectivity index (χ2v) is 6.35. The Labute approximate surface area is 134 Å². The van der Waals surface area contributed by atoms with Crippen molar-refractivity contribution in [2.24, 2.45) is 0 Å². The van der Waals surface area contributed by atoms with Gasteiger partial charge in [0.25, 0.3) is 0 Å². The van der Waals surface area contributed by atoms with Gasteiger partial charge in [-0.3, -0.25) is 0 Å². The van der Waals surface area contributed by atoms with Crippen molar-refractivity contribution in [2.75, 3.05) is 5.73 Å². The van der Waals surface area contributed by atoms with Gasteiger partial charge in [0, 0.05) is 16.4 Å². The number of hydrogen-bond donors (Lipinski definition) is 2. The summed E-state index contributed by atoms with van der Waals surface area (Å²) in [5.41, 5.74) is 8.22. The predicted octanol–water partition coefficient (Wildman–Crippen LogP) is 3.94. The lowest BCUT2D eigenvalue weighted by molar-refractivity contribution is 0.478. The molecule has 0 aliphatic rings. The molecule has 6 heteroatoms. The van der Waals surface area contributed by atoms with Crippen LogP contribution in [0.25, 0.3) is 22.2 Å². The highest BCUT2D eigenvalue weighted by atomic mass is 35.5. The van der Waals surface area contributed by atoms with Crippen molar-refractivity contribution >= 4 is 28.3 Å². The van der Waals surface area contributed by atoms with Crippen LogP contribution in [0.3, 0.4) is 0 Å². The number of nitrogens with two attached hydrogens (primary N) is 1. The first kappa shape index (κ1) is 14.8. The van der Waals surface area contributed by atoms with Gasteiger partial charge in [0.05, 0.1) is 5.52 Å². The summed E-state index contributed by atoms with van der Waals surface area (Å²) in [6.45, 7) is 6.41. The third-order valence-electron chi connectivity index (χ3n) is 4.13. The average molecular weight is 316 g/mol. The third-order valence-corrected chi connectivity index (χ3v) is 4.40. The summed E-state index contributed by atoms with van der Waals surface area (Å²) in [5, 5.41) is 1.37. The zero-order chi connectivity index (χ0) is 15.9. The standard InChI is InChI=1S/C16H18ClN5/c1-4-16(2,3)15-21-12(13(17)22-15)9-5-6-10-11(7-9)19-8-20-14(10)18/h5-8H,4H2,1-3H3,(H,21,22)(H2,18,19,20). The van der Waals surface area contributed by atoms with Gasteiger partial charge in [-0.1, -0.05) is 38.4 Å². The van der Waals surface area contributed by atoms with Gasteiger partial charge >= 0.3 is 0 Å². The van der Waals surface area contributed by atoms with Crippen LogP contribution < -0.4 is 5.73 Å². The van der Waals surface area contributed by atoms with Crippen molar-refractivity contribution in [3.63, 3.8) is 0 Å². The Balaban J connectivity index is 2.12. The molecule has 0 aliphatic heterocycles. The molecule has 3 aromatic rings. The van der Waals surface area contributed by atoms with Crippen LogP contribution in [0, 0.1) is 0 Å². The summed E-state index contributed by atoms with van der Waals surface area (Å²) in [6, 6.07) is 5.76. The minimum absolute atomic E-state index is 0.0503. The van der Waals surface area contributed by atoms with E-state index in [-0.39, 0.29) is 5.41 Å². The molecule has 0 bridgehead atoms. The van der Waals surface area contributed by atoms with Gasteiger partial charge < -0.3 is 10.7 Å². The van der Waals surface area contributed by atoms with Crippen molar-refractivity contribution < 1.29 is 0 Å². The molecular formula is C16H18ClN5. The fraction of sp³-hybridized carbons (Fsp3) is 0.312. The summed E-state index contributed by atoms with van der Waals surface area (Å²) in [4.78, 5) is 16.1. The number of nitrogens with zero attached hydrogens (tertiary/aromatic N) is 3. The fourth-order valence-electron chi connectivity index (χ4n) is 2.26. The highest BCUT2D eigenvalue weighted by Gasteiger charge is 2.24. The molecule has 22 heavy (non-hydrogen) atoms. The van der Waals surface area contributed by atoms with Gasteiger partial charge in [0.15, 0.2) is 0 Å². The van der Waals surface area contributed by atoms with E-state index in [0.29, 0.717) is 11.0 Å². The first-order chi connectivity index (χ1) is 10.4. The minimum Gasteiger partial charge on any atom is -0.383 e. The van der Waals surface area contributed by atoms with E-state index in [1.54, 1.807) is 0 Å². The number of imidazole rings is 1. The normalized spacial score (nSPS) is 12.0. The topological polar surface area (TPSA) is 80.5 Å². The molecule has 0 radical (unpaired) electrons. The van der Waals surface area contributed by atoms with Gasteiger partial charge in [-0.25, -0.2) is 15.0 Å². The number of aromatic amines is 1. The molecule has 0 saturated carbocycles. The van der Waals surface area contributed by atoms with E-state index in [0.717, 1.165) is 34.4 Å². The number of halogens is 1. The monoisotopic (exact) mass is 315 g/mol. The molecule has 0 spiro atoms. The second kappa shape index (κ2) is 5.25. The Morgan fingerprint density at radius 2 is 2.05 bits per heavy atom. The number of aromatic nitrogens is 4. The van der Waals surface area contributed by atoms with Crippen LogP contribution >= 0.6 is 11.6 Å². The Hall–Kier alpha value is -2.14. The van der Waals surface area contributed by atoms with E-state index in [1.807, 2.05) is 18.2 Å². The van der Waals surface area contributed by atoms with Crippen LogP contribution in [0.5, 0.6) is 0 Å². The van der Waals surface area contributed by atoms with Gasteiger partial charge in [-0.05, 0) is 18.6 Å². The van der Waals surface area contributed by atoms with Crippen molar-refractivity contribution in [1.82, 2.24) is 19.9 Å². The molecule has 1 aromatic carbocycles. The number of rotatable bonds is 3. The van der Waals surface area contributed by atoms with Gasteiger partial charge in [-0.2, -0.15) is 0 Å². The lowest BCUT2D eigenvalue weighted by atomic mass is 9.89. The molecule has 2 aromatic heterocycles. The molecule has 0 fully saturated rings. The van der Waals surface area contributed by atoms with E-state index in [9.17, 15) is 0 Å². The largest absolute Gasteiger partial charge is 0.383 e. The molecule has 2 heterocycles. The maximum absolute atomic E-state index is 6.35. The zero-order valence-corrected chi connectivity index (χ0v) is 13.6. The van der Waals surface area contributed by atoms with Crippen LogP contribution in [0.15, 0.2) is 24.5 Å². The lowest BCUT2D eigenvalue weighted by Gasteiger charge is -2.19. The number of hydrogen-bond acceptors (Lipinski definition) is 4. The molecule has 0 amide bonds. The number of fused-ring (bicyclic) bond motifs is 1. The number of benzene rings is 1. The lowest BCUT2D eigenvalue weighted by Crippen LogP contribution is -2.17. The Morgan fingerprint density at radius 1 is 1.27 bits per heavy atom. The van der Waals surface area contributed by atoms with Crippen molar-refractivity contribution in [2.45, 2.75) is 32.6 Å². The molecule has 0 unspecified atom stereocenters. The summed E-state index contributed by atoms with van der Waals surface area (Å²) in [5.74, 6) is 1.36. The summed E-state index contributed by atoms with van der Waals surface area (Å²) in [6.07, 6.45) is 2.43. The molecule has 0 aliphatic carbocycles. The maximum atomic E-state index is 6.35. The number of nitrogen functional groups attached to an aromatic ring is 1. The summed E-state index contributed by atoms with van der Waals surface area (Å²) in [7, 11) is 0. The van der Waals surface area contributed by atoms with E-state index in [2.05, 4.69) is 40.7 Å².